The van der Waals surface area contributed by atoms with E-state index in [0.29, 0.717) is 6.42 Å². The zero-order valence-corrected chi connectivity index (χ0v) is 9.56. The summed E-state index contributed by atoms with van der Waals surface area (Å²) in [5.74, 6) is -0.759. The Morgan fingerprint density at radius 1 is 1.28 bits per heavy atom. The molecule has 0 bridgehead atoms. The van der Waals surface area contributed by atoms with Gasteiger partial charge in [0.15, 0.2) is 0 Å². The smallest absolute Gasteiger partial charge is 0.345 e. The number of ether oxygens (including phenoxy) is 1. The fourth-order valence-electron chi connectivity index (χ4n) is 1.50. The number of aromatic nitrogens is 2. The van der Waals surface area contributed by atoms with E-state index >= 15 is 0 Å². The molecule has 0 saturated carbocycles. The normalized spacial score (nSPS) is 11.8. The van der Waals surface area contributed by atoms with Crippen LogP contribution in [0.15, 0.2) is 48.9 Å². The highest BCUT2D eigenvalue weighted by molar-refractivity contribution is 5.73. The Morgan fingerprint density at radius 3 is 2.67 bits per heavy atom. The lowest BCUT2D eigenvalue weighted by Gasteiger charge is -2.13. The molecule has 1 heterocycles. The van der Waals surface area contributed by atoms with Crippen LogP contribution in [0.2, 0.25) is 0 Å². The van der Waals surface area contributed by atoms with Gasteiger partial charge in [0, 0.05) is 18.7 Å². The first kappa shape index (κ1) is 12.0. The summed E-state index contributed by atoms with van der Waals surface area (Å²) in [4.78, 5) is 18.7. The highest BCUT2D eigenvalue weighted by atomic mass is 16.5. The third-order valence-electron chi connectivity index (χ3n) is 2.36. The lowest BCUT2D eigenvalue weighted by Crippen LogP contribution is -2.29. The first-order valence-corrected chi connectivity index (χ1v) is 5.45. The minimum atomic E-state index is -1.02. The van der Waals surface area contributed by atoms with Gasteiger partial charge in [0.25, 0.3) is 0 Å². The number of carbonyl (C=O) groups is 1. The van der Waals surface area contributed by atoms with Crippen molar-refractivity contribution in [1.82, 2.24) is 9.97 Å². The molecule has 0 amide bonds. The first-order chi connectivity index (χ1) is 8.75. The molecule has 0 aliphatic rings. The molecule has 0 fully saturated rings. The lowest BCUT2D eigenvalue weighted by molar-refractivity contribution is -0.145. The quantitative estimate of drug-likeness (QED) is 0.863. The molecule has 0 aliphatic heterocycles. The molecular formula is C13H12N2O3. The molecule has 5 heteroatoms. The summed E-state index contributed by atoms with van der Waals surface area (Å²) in [5.41, 5.74) is 0.902. The van der Waals surface area contributed by atoms with Crippen molar-refractivity contribution in [1.29, 1.82) is 0 Å². The van der Waals surface area contributed by atoms with Crippen molar-refractivity contribution < 1.29 is 14.6 Å². The van der Waals surface area contributed by atoms with Crippen LogP contribution >= 0.6 is 0 Å². The van der Waals surface area contributed by atoms with Gasteiger partial charge in [0.1, 0.15) is 6.33 Å². The van der Waals surface area contributed by atoms with E-state index in [4.69, 9.17) is 9.84 Å². The van der Waals surface area contributed by atoms with E-state index in [-0.39, 0.29) is 5.88 Å². The standard InChI is InChI=1S/C13H12N2O3/c16-13(17)11(8-10-4-2-1-3-5-10)18-12-6-7-14-9-15-12/h1-7,9,11H,8H2,(H,16,17). The van der Waals surface area contributed by atoms with Gasteiger partial charge in [-0.15, -0.1) is 0 Å². The Labute approximate surface area is 104 Å². The van der Waals surface area contributed by atoms with Crippen LogP contribution in [0.25, 0.3) is 0 Å². The maximum Gasteiger partial charge on any atom is 0.345 e. The van der Waals surface area contributed by atoms with Crippen LogP contribution < -0.4 is 4.74 Å². The van der Waals surface area contributed by atoms with Gasteiger partial charge in [-0.1, -0.05) is 30.3 Å². The van der Waals surface area contributed by atoms with E-state index in [1.165, 1.54) is 18.6 Å². The van der Waals surface area contributed by atoms with Gasteiger partial charge in [-0.05, 0) is 5.56 Å². The second-order valence-electron chi connectivity index (χ2n) is 3.68. The Morgan fingerprint density at radius 2 is 2.06 bits per heavy atom. The molecule has 1 atom stereocenters. The number of nitrogens with zero attached hydrogens (tertiary/aromatic N) is 2. The van der Waals surface area contributed by atoms with Crippen molar-refractivity contribution in [2.45, 2.75) is 12.5 Å². The molecule has 0 saturated heterocycles. The molecule has 1 unspecified atom stereocenters. The summed E-state index contributed by atoms with van der Waals surface area (Å²) in [5, 5.41) is 9.13. The highest BCUT2D eigenvalue weighted by Crippen LogP contribution is 2.10. The van der Waals surface area contributed by atoms with Gasteiger partial charge >= 0.3 is 5.97 Å². The van der Waals surface area contributed by atoms with E-state index in [2.05, 4.69) is 9.97 Å². The van der Waals surface area contributed by atoms with Crippen molar-refractivity contribution in [3.05, 3.63) is 54.5 Å². The Kier molecular flexibility index (Phi) is 3.86. The van der Waals surface area contributed by atoms with Crippen LogP contribution in [-0.2, 0) is 11.2 Å². The Balaban J connectivity index is 2.08. The second-order valence-corrected chi connectivity index (χ2v) is 3.68. The van der Waals surface area contributed by atoms with Crippen molar-refractivity contribution in [2.75, 3.05) is 0 Å². The van der Waals surface area contributed by atoms with E-state index in [0.717, 1.165) is 5.56 Å². The molecule has 1 aromatic carbocycles. The van der Waals surface area contributed by atoms with Crippen molar-refractivity contribution in [2.24, 2.45) is 0 Å². The summed E-state index contributed by atoms with van der Waals surface area (Å²) in [6.07, 6.45) is 2.16. The molecule has 0 aliphatic carbocycles. The van der Waals surface area contributed by atoms with Crippen LogP contribution in [0.1, 0.15) is 5.56 Å². The molecule has 5 nitrogen and oxygen atoms in total. The largest absolute Gasteiger partial charge is 0.478 e. The molecule has 0 spiro atoms. The number of carboxylic acids is 1. The van der Waals surface area contributed by atoms with Gasteiger partial charge in [-0.25, -0.2) is 14.8 Å². The molecule has 1 N–H and O–H groups in total. The molecule has 18 heavy (non-hydrogen) atoms. The fraction of sp³-hybridized carbons (Fsp3) is 0.154. The lowest BCUT2D eigenvalue weighted by atomic mass is 10.1. The molecule has 2 aromatic rings. The number of hydrogen-bond acceptors (Lipinski definition) is 4. The van der Waals surface area contributed by atoms with Crippen LogP contribution in [-0.4, -0.2) is 27.1 Å². The van der Waals surface area contributed by atoms with Gasteiger partial charge in [0.2, 0.25) is 12.0 Å². The van der Waals surface area contributed by atoms with Crippen molar-refractivity contribution in [3.63, 3.8) is 0 Å². The number of rotatable bonds is 5. The van der Waals surface area contributed by atoms with Crippen LogP contribution in [0, 0.1) is 0 Å². The minimum absolute atomic E-state index is 0.258. The summed E-state index contributed by atoms with van der Waals surface area (Å²) in [6.45, 7) is 0. The first-order valence-electron chi connectivity index (χ1n) is 5.45. The molecule has 2 rings (SSSR count). The van der Waals surface area contributed by atoms with Gasteiger partial charge in [-0.3, -0.25) is 0 Å². The third-order valence-corrected chi connectivity index (χ3v) is 2.36. The van der Waals surface area contributed by atoms with Crippen molar-refractivity contribution in [3.8, 4) is 5.88 Å². The molecule has 1 aromatic heterocycles. The maximum absolute atomic E-state index is 11.1. The van der Waals surface area contributed by atoms with Gasteiger partial charge in [-0.2, -0.15) is 0 Å². The Bertz CT molecular complexity index is 461. The minimum Gasteiger partial charge on any atom is -0.478 e. The topological polar surface area (TPSA) is 72.3 Å². The van der Waals surface area contributed by atoms with Crippen LogP contribution in [0.5, 0.6) is 5.88 Å². The zero-order chi connectivity index (χ0) is 12.8. The Hall–Kier alpha value is -2.43. The number of carboxylic acid groups (broad SMARTS) is 1. The number of hydrogen-bond donors (Lipinski definition) is 1. The fourth-order valence-corrected chi connectivity index (χ4v) is 1.50. The summed E-state index contributed by atoms with van der Waals surface area (Å²) >= 11 is 0. The highest BCUT2D eigenvalue weighted by Gasteiger charge is 2.20. The molecule has 92 valence electrons. The zero-order valence-electron chi connectivity index (χ0n) is 9.56. The van der Waals surface area contributed by atoms with E-state index in [1.807, 2.05) is 30.3 Å². The third kappa shape index (κ3) is 3.28. The van der Waals surface area contributed by atoms with E-state index in [9.17, 15) is 4.79 Å². The average Bonchev–Trinajstić information content (AvgIpc) is 2.40. The van der Waals surface area contributed by atoms with E-state index < -0.39 is 12.1 Å². The SMILES string of the molecule is O=C(O)C(Cc1ccccc1)Oc1ccncn1. The molecular weight excluding hydrogens is 232 g/mol. The van der Waals surface area contributed by atoms with Crippen LogP contribution in [0.3, 0.4) is 0 Å². The van der Waals surface area contributed by atoms with Gasteiger partial charge < -0.3 is 9.84 Å². The van der Waals surface area contributed by atoms with Crippen molar-refractivity contribution >= 4 is 5.97 Å². The molecule has 0 radical (unpaired) electrons. The number of aliphatic carboxylic acids is 1. The summed E-state index contributed by atoms with van der Waals surface area (Å²) in [6, 6.07) is 10.8. The monoisotopic (exact) mass is 244 g/mol. The predicted octanol–water partition coefficient (Wildman–Crippen LogP) is 1.55. The van der Waals surface area contributed by atoms with E-state index in [1.54, 1.807) is 0 Å². The summed E-state index contributed by atoms with van der Waals surface area (Å²) < 4.78 is 5.33. The summed E-state index contributed by atoms with van der Waals surface area (Å²) in [7, 11) is 0. The van der Waals surface area contributed by atoms with Gasteiger partial charge in [0.05, 0.1) is 0 Å². The average molecular weight is 244 g/mol. The van der Waals surface area contributed by atoms with Crippen LogP contribution in [0.4, 0.5) is 0 Å². The number of benzene rings is 1. The predicted molar refractivity (Wildman–Crippen MR) is 64.2 cm³/mol. The maximum atomic E-state index is 11.1. The second kappa shape index (κ2) is 5.77.